The second-order valence-corrected chi connectivity index (χ2v) is 11.7. The van der Waals surface area contributed by atoms with Crippen LogP contribution in [0.4, 0.5) is 4.79 Å². The topological polar surface area (TPSA) is 146 Å². The van der Waals surface area contributed by atoms with Crippen LogP contribution in [-0.4, -0.2) is 70.1 Å². The summed E-state index contributed by atoms with van der Waals surface area (Å²) in [7, 11) is 1.76. The van der Waals surface area contributed by atoms with E-state index >= 15 is 0 Å². The predicted octanol–water partition coefficient (Wildman–Crippen LogP) is 2.84. The highest BCUT2D eigenvalue weighted by atomic mass is 16.4. The molecule has 0 radical (unpaired) electrons. The van der Waals surface area contributed by atoms with Crippen molar-refractivity contribution < 1.29 is 19.8 Å². The van der Waals surface area contributed by atoms with E-state index in [1.807, 2.05) is 55.5 Å². The van der Waals surface area contributed by atoms with E-state index < -0.39 is 11.7 Å². The first-order chi connectivity index (χ1) is 20.6. The maximum absolute atomic E-state index is 13.5. The molecule has 1 saturated heterocycles. The monoisotopic (exact) mass is 585 g/mol. The zero-order valence-corrected chi connectivity index (χ0v) is 24.2. The van der Waals surface area contributed by atoms with Crippen molar-refractivity contribution in [3.05, 3.63) is 81.9 Å². The third kappa shape index (κ3) is 5.75. The molecule has 224 valence electrons. The summed E-state index contributed by atoms with van der Waals surface area (Å²) in [6.45, 7) is 3.86. The number of benzene rings is 2. The lowest BCUT2D eigenvalue weighted by Gasteiger charge is -2.38. The highest BCUT2D eigenvalue weighted by Gasteiger charge is 2.35. The number of aryl methyl sites for hydroxylation is 1. The molecule has 2 aliphatic rings. The van der Waals surface area contributed by atoms with E-state index in [0.717, 1.165) is 22.3 Å². The Morgan fingerprint density at radius 1 is 1.05 bits per heavy atom. The number of aromatic nitrogens is 4. The summed E-state index contributed by atoms with van der Waals surface area (Å²) >= 11 is 0. The molecule has 1 atom stereocenters. The lowest BCUT2D eigenvalue weighted by atomic mass is 9.90. The maximum atomic E-state index is 13.5. The Morgan fingerprint density at radius 2 is 1.77 bits per heavy atom. The van der Waals surface area contributed by atoms with Gasteiger partial charge in [-0.15, -0.1) is 0 Å². The molecule has 0 aliphatic carbocycles. The van der Waals surface area contributed by atoms with E-state index in [0.29, 0.717) is 56.7 Å². The molecule has 12 nitrogen and oxygen atoms in total. The van der Waals surface area contributed by atoms with Gasteiger partial charge in [-0.05, 0) is 41.5 Å². The zero-order chi connectivity index (χ0) is 30.3. The van der Waals surface area contributed by atoms with Crippen LogP contribution >= 0.6 is 0 Å². The Labute approximate surface area is 248 Å². The van der Waals surface area contributed by atoms with Crippen LogP contribution in [0, 0.1) is 0 Å². The van der Waals surface area contributed by atoms with Gasteiger partial charge in [0.25, 0.3) is 5.56 Å². The summed E-state index contributed by atoms with van der Waals surface area (Å²) in [5.74, 6) is 0.173. The second kappa shape index (κ2) is 11.3. The molecule has 2 aromatic carbocycles. The zero-order valence-electron chi connectivity index (χ0n) is 24.2. The fourth-order valence-corrected chi connectivity index (χ4v) is 6.23. The summed E-state index contributed by atoms with van der Waals surface area (Å²) in [4.78, 5) is 43.9. The molecule has 43 heavy (non-hydrogen) atoms. The van der Waals surface area contributed by atoms with Gasteiger partial charge in [0.15, 0.2) is 5.52 Å². The van der Waals surface area contributed by atoms with Crippen molar-refractivity contribution in [2.24, 2.45) is 7.05 Å². The first-order valence-corrected chi connectivity index (χ1v) is 14.4. The molecule has 1 fully saturated rings. The number of likely N-dealkylation sites (tertiary alicyclic amines) is 1. The molecule has 12 heteroatoms. The Bertz CT molecular complexity index is 1740. The van der Waals surface area contributed by atoms with Gasteiger partial charge < -0.3 is 15.1 Å². The highest BCUT2D eigenvalue weighted by molar-refractivity contribution is 5.89. The number of hydrazine groups is 1. The molecule has 4 aromatic rings. The minimum atomic E-state index is -1.14. The van der Waals surface area contributed by atoms with Crippen LogP contribution in [0.25, 0.3) is 22.3 Å². The third-order valence-corrected chi connectivity index (χ3v) is 8.63. The van der Waals surface area contributed by atoms with Crippen molar-refractivity contribution in [3.8, 4) is 11.3 Å². The van der Waals surface area contributed by atoms with E-state index in [-0.39, 0.29) is 29.4 Å². The van der Waals surface area contributed by atoms with E-state index in [9.17, 15) is 19.5 Å². The Kier molecular flexibility index (Phi) is 7.49. The number of amides is 2. The number of carboxylic acid groups (broad SMARTS) is 1. The van der Waals surface area contributed by atoms with Gasteiger partial charge in [0.05, 0.1) is 24.2 Å². The number of aliphatic hydroxyl groups is 1. The minimum Gasteiger partial charge on any atom is -0.464 e. The molecule has 2 aromatic heterocycles. The molecule has 2 aliphatic heterocycles. The molecular weight excluding hydrogens is 550 g/mol. The highest BCUT2D eigenvalue weighted by Crippen LogP contribution is 2.31. The quantitative estimate of drug-likeness (QED) is 0.300. The summed E-state index contributed by atoms with van der Waals surface area (Å²) in [5.41, 5.74) is 6.21. The molecule has 3 N–H and O–H groups in total. The lowest BCUT2D eigenvalue weighted by molar-refractivity contribution is -0.136. The van der Waals surface area contributed by atoms with E-state index in [4.69, 9.17) is 5.11 Å². The molecule has 0 saturated carbocycles. The molecular formula is C31H35N7O5. The van der Waals surface area contributed by atoms with Crippen LogP contribution in [0.2, 0.25) is 0 Å². The maximum Gasteiger partial charge on any atom is 0.419 e. The van der Waals surface area contributed by atoms with Crippen LogP contribution in [0.1, 0.15) is 48.8 Å². The smallest absolute Gasteiger partial charge is 0.419 e. The van der Waals surface area contributed by atoms with E-state index in [1.165, 1.54) is 10.9 Å². The van der Waals surface area contributed by atoms with Crippen molar-refractivity contribution in [2.75, 3.05) is 13.1 Å². The standard InChI is InChI=1S/C31H35N7O5/c1-20(21-6-4-3-5-7-21)14-25(39)36-12-10-31(43,11-13-36)18-37-19-32-26-27(29(37)40)33-35(2)28(26)22-8-9-23-16-38(34-30(41)42)17-24(23)15-22/h3-9,15,19-20,34,43H,10-14,16-18H2,1-2H3,(H,41,42). The lowest BCUT2D eigenvalue weighted by Crippen LogP contribution is -2.49. The number of piperidine rings is 1. The molecule has 6 rings (SSSR count). The number of carbonyl (C=O) groups is 2. The molecule has 2 amide bonds. The van der Waals surface area contributed by atoms with Crippen LogP contribution in [0.5, 0.6) is 0 Å². The number of nitrogens with one attached hydrogen (secondary N) is 1. The normalized spacial score (nSPS) is 17.1. The fourth-order valence-electron chi connectivity index (χ4n) is 6.23. The van der Waals surface area contributed by atoms with Crippen molar-refractivity contribution >= 4 is 23.0 Å². The van der Waals surface area contributed by atoms with Crippen LogP contribution < -0.4 is 11.0 Å². The predicted molar refractivity (Wildman–Crippen MR) is 159 cm³/mol. The van der Waals surface area contributed by atoms with Gasteiger partial charge >= 0.3 is 6.09 Å². The van der Waals surface area contributed by atoms with Crippen molar-refractivity contribution in [2.45, 2.75) is 57.3 Å². The third-order valence-electron chi connectivity index (χ3n) is 8.63. The Morgan fingerprint density at radius 3 is 2.49 bits per heavy atom. The van der Waals surface area contributed by atoms with Crippen LogP contribution in [0.15, 0.2) is 59.7 Å². The average Bonchev–Trinajstić information content (AvgIpc) is 3.54. The number of fused-ring (bicyclic) bond motifs is 2. The van der Waals surface area contributed by atoms with Gasteiger partial charge in [-0.2, -0.15) is 5.10 Å². The molecule has 0 spiro atoms. The number of rotatable bonds is 7. The van der Waals surface area contributed by atoms with E-state index in [2.05, 4.69) is 15.5 Å². The van der Waals surface area contributed by atoms with Gasteiger partial charge in [0, 0.05) is 45.2 Å². The van der Waals surface area contributed by atoms with E-state index in [1.54, 1.807) is 21.6 Å². The number of hydrogen-bond acceptors (Lipinski definition) is 7. The summed E-state index contributed by atoms with van der Waals surface area (Å²) in [5, 5.41) is 26.5. The first kappa shape index (κ1) is 28.6. The van der Waals surface area contributed by atoms with Crippen LogP contribution in [0.3, 0.4) is 0 Å². The second-order valence-electron chi connectivity index (χ2n) is 11.7. The number of nitrogens with zero attached hydrogens (tertiary/aromatic N) is 6. The van der Waals surface area contributed by atoms with Gasteiger partial charge in [-0.3, -0.25) is 24.3 Å². The van der Waals surface area contributed by atoms with Crippen molar-refractivity contribution in [1.82, 2.24) is 34.7 Å². The van der Waals surface area contributed by atoms with Gasteiger partial charge in [-0.25, -0.2) is 14.8 Å². The minimum absolute atomic E-state index is 0.0639. The summed E-state index contributed by atoms with van der Waals surface area (Å²) in [6.07, 6.45) is 1.48. The van der Waals surface area contributed by atoms with Gasteiger partial charge in [0.2, 0.25) is 5.91 Å². The van der Waals surface area contributed by atoms with Crippen molar-refractivity contribution in [3.63, 3.8) is 0 Å². The molecule has 4 heterocycles. The number of hydrogen-bond donors (Lipinski definition) is 3. The fraction of sp³-hybridized carbons (Fsp3) is 0.387. The summed E-state index contributed by atoms with van der Waals surface area (Å²) in [6, 6.07) is 15.8. The summed E-state index contributed by atoms with van der Waals surface area (Å²) < 4.78 is 3.04. The number of carbonyl (C=O) groups excluding carboxylic acids is 1. The molecule has 0 bridgehead atoms. The van der Waals surface area contributed by atoms with Crippen LogP contribution in [-0.2, 0) is 31.5 Å². The van der Waals surface area contributed by atoms with Crippen molar-refractivity contribution in [1.29, 1.82) is 0 Å². The largest absolute Gasteiger partial charge is 0.464 e. The Hall–Kier alpha value is -4.55. The van der Waals surface area contributed by atoms with Gasteiger partial charge in [-0.1, -0.05) is 49.4 Å². The first-order valence-electron chi connectivity index (χ1n) is 14.4. The van der Waals surface area contributed by atoms with Gasteiger partial charge in [0.1, 0.15) is 5.52 Å². The Balaban J connectivity index is 1.15. The average molecular weight is 586 g/mol. The SMILES string of the molecule is CC(CC(=O)N1CCC(O)(Cn2cnc3c(-c4ccc5c(c4)CN(NC(=O)O)C5)n(C)nc3c2=O)CC1)c1ccccc1. The molecule has 1 unspecified atom stereocenters.